The van der Waals surface area contributed by atoms with Gasteiger partial charge in [-0.05, 0) is 40.0 Å². The number of unbranched alkanes of at least 4 members (excludes halogenated alkanes) is 1. The van der Waals surface area contributed by atoms with E-state index in [1.54, 1.807) is 20.8 Å². The maximum absolute atomic E-state index is 11.4. The lowest BCUT2D eigenvalue weighted by Gasteiger charge is -2.19. The van der Waals surface area contributed by atoms with Gasteiger partial charge in [0.05, 0.1) is 0 Å². The first-order valence-corrected chi connectivity index (χ1v) is 7.22. The molecule has 0 bridgehead atoms. The summed E-state index contributed by atoms with van der Waals surface area (Å²) < 4.78 is 9.61. The number of rotatable bonds is 8. The molecule has 0 rings (SSSR count). The van der Waals surface area contributed by atoms with Gasteiger partial charge in [-0.1, -0.05) is 5.92 Å². The Morgan fingerprint density at radius 2 is 1.87 bits per heavy atom. The van der Waals surface area contributed by atoms with Gasteiger partial charge in [-0.25, -0.2) is 14.4 Å². The van der Waals surface area contributed by atoms with Gasteiger partial charge < -0.3 is 25.2 Å². The van der Waals surface area contributed by atoms with Crippen molar-refractivity contribution in [1.29, 1.82) is 0 Å². The average molecular weight is 328 g/mol. The first-order valence-electron chi connectivity index (χ1n) is 7.22. The average Bonchev–Trinajstić information content (AvgIpc) is 2.41. The Morgan fingerprint density at radius 1 is 1.22 bits per heavy atom. The Morgan fingerprint density at radius 3 is 2.39 bits per heavy atom. The van der Waals surface area contributed by atoms with Gasteiger partial charge >= 0.3 is 18.2 Å². The Labute approximate surface area is 135 Å². The highest BCUT2D eigenvalue weighted by atomic mass is 16.6. The molecule has 0 spiro atoms. The van der Waals surface area contributed by atoms with Crippen molar-refractivity contribution >= 4 is 18.2 Å². The number of amides is 2. The molecule has 0 aromatic heterocycles. The van der Waals surface area contributed by atoms with Gasteiger partial charge in [-0.15, -0.1) is 6.42 Å². The number of ether oxygens (including phenoxy) is 2. The number of aliphatic carboxylic acids is 1. The van der Waals surface area contributed by atoms with Crippen molar-refractivity contribution in [3.63, 3.8) is 0 Å². The van der Waals surface area contributed by atoms with Crippen LogP contribution >= 0.6 is 0 Å². The van der Waals surface area contributed by atoms with Crippen LogP contribution in [-0.2, 0) is 14.3 Å². The van der Waals surface area contributed by atoms with E-state index in [0.717, 1.165) is 0 Å². The lowest BCUT2D eigenvalue weighted by Crippen LogP contribution is -2.41. The molecule has 8 nitrogen and oxygen atoms in total. The van der Waals surface area contributed by atoms with Crippen LogP contribution in [0.25, 0.3) is 0 Å². The van der Waals surface area contributed by atoms with Crippen molar-refractivity contribution in [3.05, 3.63) is 0 Å². The summed E-state index contributed by atoms with van der Waals surface area (Å²) in [6, 6.07) is -1.07. The van der Waals surface area contributed by atoms with Gasteiger partial charge in [0.15, 0.2) is 6.61 Å². The topological polar surface area (TPSA) is 114 Å². The van der Waals surface area contributed by atoms with Crippen molar-refractivity contribution < 1.29 is 29.0 Å². The van der Waals surface area contributed by atoms with Crippen LogP contribution in [0.2, 0.25) is 0 Å². The summed E-state index contributed by atoms with van der Waals surface area (Å²) in [7, 11) is 0. The van der Waals surface area contributed by atoms with Crippen LogP contribution in [0.3, 0.4) is 0 Å². The molecule has 0 fully saturated rings. The van der Waals surface area contributed by atoms with Crippen LogP contribution in [0.15, 0.2) is 0 Å². The molecule has 0 aromatic carbocycles. The van der Waals surface area contributed by atoms with Gasteiger partial charge in [-0.2, -0.15) is 0 Å². The molecule has 0 aromatic rings. The zero-order valence-electron chi connectivity index (χ0n) is 13.7. The Bertz CT molecular complexity index is 450. The number of carboxylic acids is 1. The third-order valence-corrected chi connectivity index (χ3v) is 2.46. The molecule has 130 valence electrons. The van der Waals surface area contributed by atoms with E-state index in [1.165, 1.54) is 0 Å². The highest BCUT2D eigenvalue weighted by Gasteiger charge is 2.20. The summed E-state index contributed by atoms with van der Waals surface area (Å²) in [5.41, 5.74) is -0.568. The largest absolute Gasteiger partial charge is 0.480 e. The minimum atomic E-state index is -1.16. The molecule has 0 aliphatic carbocycles. The third-order valence-electron chi connectivity index (χ3n) is 2.46. The molecular formula is C15H24N2O6. The number of carbonyl (C=O) groups excluding carboxylic acids is 2. The highest BCUT2D eigenvalue weighted by molar-refractivity contribution is 5.79. The van der Waals surface area contributed by atoms with Crippen LogP contribution in [0, 0.1) is 12.3 Å². The van der Waals surface area contributed by atoms with Gasteiger partial charge in [0.2, 0.25) is 0 Å². The van der Waals surface area contributed by atoms with Crippen molar-refractivity contribution in [2.24, 2.45) is 0 Å². The molecule has 0 heterocycles. The maximum atomic E-state index is 11.4. The van der Waals surface area contributed by atoms with E-state index in [1.807, 2.05) is 0 Å². The monoisotopic (exact) mass is 328 g/mol. The smallest absolute Gasteiger partial charge is 0.408 e. The normalized spacial score (nSPS) is 11.7. The standard InChI is InChI=1S/C15H24N2O6/c1-5-10-22-14(21)17-11(12(18)19)8-6-7-9-16-13(20)23-15(2,3)4/h1,11H,6-10H2,2-4H3,(H,16,20)(H,17,21)(H,18,19). The predicted octanol–water partition coefficient (Wildman–Crippen LogP) is 1.49. The molecule has 8 heteroatoms. The summed E-state index contributed by atoms with van der Waals surface area (Å²) in [6.07, 6.45) is 4.77. The third kappa shape index (κ3) is 11.9. The van der Waals surface area contributed by atoms with Crippen molar-refractivity contribution in [1.82, 2.24) is 10.6 Å². The van der Waals surface area contributed by atoms with Crippen LogP contribution in [0.5, 0.6) is 0 Å². The molecule has 0 aliphatic heterocycles. The fourth-order valence-corrected chi connectivity index (χ4v) is 1.53. The maximum Gasteiger partial charge on any atom is 0.408 e. The molecule has 0 saturated heterocycles. The summed E-state index contributed by atoms with van der Waals surface area (Å²) in [5.74, 6) is 0.941. The number of carboxylic acid groups (broad SMARTS) is 1. The minimum absolute atomic E-state index is 0.205. The van der Waals surface area contributed by atoms with Crippen LogP contribution in [0.1, 0.15) is 40.0 Å². The molecule has 23 heavy (non-hydrogen) atoms. The second-order valence-electron chi connectivity index (χ2n) is 5.74. The first-order chi connectivity index (χ1) is 10.7. The highest BCUT2D eigenvalue weighted by Crippen LogP contribution is 2.06. The number of hydrogen-bond donors (Lipinski definition) is 3. The number of alkyl carbamates (subject to hydrolysis) is 2. The quantitative estimate of drug-likeness (QED) is 0.459. The van der Waals surface area contributed by atoms with E-state index >= 15 is 0 Å². The van der Waals surface area contributed by atoms with Gasteiger partial charge in [0, 0.05) is 6.54 Å². The molecule has 0 aliphatic rings. The van der Waals surface area contributed by atoms with E-state index in [-0.39, 0.29) is 13.0 Å². The summed E-state index contributed by atoms with van der Waals surface area (Å²) in [5, 5.41) is 13.8. The van der Waals surface area contributed by atoms with Crippen molar-refractivity contribution in [2.75, 3.05) is 13.2 Å². The molecule has 3 N–H and O–H groups in total. The van der Waals surface area contributed by atoms with Crippen molar-refractivity contribution in [2.45, 2.75) is 51.7 Å². The van der Waals surface area contributed by atoms with E-state index in [2.05, 4.69) is 21.3 Å². The first kappa shape index (κ1) is 20.6. The Hall–Kier alpha value is -2.43. The van der Waals surface area contributed by atoms with E-state index < -0.39 is 29.8 Å². The fourth-order valence-electron chi connectivity index (χ4n) is 1.53. The molecule has 0 radical (unpaired) electrons. The number of hydrogen-bond acceptors (Lipinski definition) is 5. The zero-order chi connectivity index (χ0) is 17.9. The van der Waals surface area contributed by atoms with Gasteiger partial charge in [0.1, 0.15) is 11.6 Å². The number of carbonyl (C=O) groups is 3. The summed E-state index contributed by atoms with van der Waals surface area (Å²) in [4.78, 5) is 33.7. The molecule has 1 atom stereocenters. The lowest BCUT2D eigenvalue weighted by molar-refractivity contribution is -0.139. The van der Waals surface area contributed by atoms with E-state index in [0.29, 0.717) is 19.4 Å². The SMILES string of the molecule is C#CCOC(=O)NC(CCCCNC(=O)OC(C)(C)C)C(=O)O. The number of terminal acetylenes is 1. The molecule has 1 unspecified atom stereocenters. The van der Waals surface area contributed by atoms with Crippen molar-refractivity contribution in [3.8, 4) is 12.3 Å². The lowest BCUT2D eigenvalue weighted by atomic mass is 10.1. The number of nitrogens with one attached hydrogen (secondary N) is 2. The van der Waals surface area contributed by atoms with E-state index in [4.69, 9.17) is 16.3 Å². The molecular weight excluding hydrogens is 304 g/mol. The Kier molecular flexibility index (Phi) is 9.23. The van der Waals surface area contributed by atoms with Gasteiger partial charge in [-0.3, -0.25) is 0 Å². The van der Waals surface area contributed by atoms with E-state index in [9.17, 15) is 14.4 Å². The second kappa shape index (κ2) is 10.3. The summed E-state index contributed by atoms with van der Waals surface area (Å²) in [6.45, 7) is 5.40. The minimum Gasteiger partial charge on any atom is -0.480 e. The molecule has 0 saturated carbocycles. The second-order valence-corrected chi connectivity index (χ2v) is 5.74. The van der Waals surface area contributed by atoms with Gasteiger partial charge in [0.25, 0.3) is 0 Å². The van der Waals surface area contributed by atoms with Crippen LogP contribution < -0.4 is 10.6 Å². The predicted molar refractivity (Wildman–Crippen MR) is 82.8 cm³/mol. The Balaban J connectivity index is 3.98. The fraction of sp³-hybridized carbons (Fsp3) is 0.667. The van der Waals surface area contributed by atoms with Crippen LogP contribution in [0.4, 0.5) is 9.59 Å². The summed E-state index contributed by atoms with van der Waals surface area (Å²) >= 11 is 0. The zero-order valence-corrected chi connectivity index (χ0v) is 13.7. The molecule has 2 amide bonds. The van der Waals surface area contributed by atoms with Crippen LogP contribution in [-0.4, -0.2) is 48.1 Å².